The zero-order valence-electron chi connectivity index (χ0n) is 13.4. The molecule has 23 heavy (non-hydrogen) atoms. The van der Waals surface area contributed by atoms with Gasteiger partial charge in [0.1, 0.15) is 0 Å². The molecule has 0 bridgehead atoms. The Balaban J connectivity index is 1.98. The number of rotatable bonds is 5. The van der Waals surface area contributed by atoms with Crippen molar-refractivity contribution in [1.29, 1.82) is 0 Å². The van der Waals surface area contributed by atoms with E-state index in [0.717, 1.165) is 33.6 Å². The number of anilines is 1. The van der Waals surface area contributed by atoms with E-state index >= 15 is 0 Å². The van der Waals surface area contributed by atoms with Crippen LogP contribution < -0.4 is 5.32 Å². The van der Waals surface area contributed by atoms with Crippen LogP contribution in [0.2, 0.25) is 0 Å². The van der Waals surface area contributed by atoms with E-state index in [1.165, 1.54) is 11.4 Å². The maximum absolute atomic E-state index is 12.5. The fourth-order valence-electron chi connectivity index (χ4n) is 2.53. The maximum atomic E-state index is 12.5. The molecule has 1 aromatic carbocycles. The SMILES string of the molecule is Cc1cc(Br)ccc1NC(=O)CN(C)S(=O)(=O)N1CCCCC1. The highest BCUT2D eigenvalue weighted by Crippen LogP contribution is 2.20. The van der Waals surface area contributed by atoms with Crippen LogP contribution >= 0.6 is 15.9 Å². The largest absolute Gasteiger partial charge is 0.325 e. The summed E-state index contributed by atoms with van der Waals surface area (Å²) in [5.74, 6) is -0.349. The number of carbonyl (C=O) groups is 1. The highest BCUT2D eigenvalue weighted by molar-refractivity contribution is 9.10. The molecule has 1 aliphatic rings. The van der Waals surface area contributed by atoms with Crippen LogP contribution in [0.3, 0.4) is 0 Å². The lowest BCUT2D eigenvalue weighted by molar-refractivity contribution is -0.116. The summed E-state index contributed by atoms with van der Waals surface area (Å²) >= 11 is 3.37. The Morgan fingerprint density at radius 1 is 1.30 bits per heavy atom. The number of nitrogens with zero attached hydrogens (tertiary/aromatic N) is 2. The van der Waals surface area contributed by atoms with Gasteiger partial charge >= 0.3 is 0 Å². The molecule has 0 spiro atoms. The predicted octanol–water partition coefficient (Wildman–Crippen LogP) is 2.36. The van der Waals surface area contributed by atoms with E-state index in [1.807, 2.05) is 19.1 Å². The normalized spacial score (nSPS) is 16.5. The summed E-state index contributed by atoms with van der Waals surface area (Å²) < 4.78 is 28.4. The first-order chi connectivity index (χ1) is 10.8. The van der Waals surface area contributed by atoms with Gasteiger partial charge in [0.05, 0.1) is 6.54 Å². The number of aryl methyl sites for hydroxylation is 1. The number of piperidine rings is 1. The predicted molar refractivity (Wildman–Crippen MR) is 94.5 cm³/mol. The van der Waals surface area contributed by atoms with Gasteiger partial charge in [0.15, 0.2) is 0 Å². The molecule has 0 unspecified atom stereocenters. The van der Waals surface area contributed by atoms with Crippen molar-refractivity contribution in [3.05, 3.63) is 28.2 Å². The summed E-state index contributed by atoms with van der Waals surface area (Å²) in [5, 5.41) is 2.76. The van der Waals surface area contributed by atoms with Crippen molar-refractivity contribution < 1.29 is 13.2 Å². The van der Waals surface area contributed by atoms with Crippen molar-refractivity contribution in [2.45, 2.75) is 26.2 Å². The molecule has 1 aromatic rings. The molecule has 0 radical (unpaired) electrons. The van der Waals surface area contributed by atoms with E-state index in [1.54, 1.807) is 6.07 Å². The van der Waals surface area contributed by atoms with Gasteiger partial charge in [0.25, 0.3) is 10.2 Å². The first-order valence-electron chi connectivity index (χ1n) is 7.58. The summed E-state index contributed by atoms with van der Waals surface area (Å²) in [4.78, 5) is 12.1. The monoisotopic (exact) mass is 403 g/mol. The topological polar surface area (TPSA) is 69.7 Å². The Labute approximate surface area is 146 Å². The van der Waals surface area contributed by atoms with Crippen LogP contribution in [-0.2, 0) is 15.0 Å². The summed E-state index contributed by atoms with van der Waals surface area (Å²) in [5.41, 5.74) is 1.59. The van der Waals surface area contributed by atoms with Crippen molar-refractivity contribution in [2.75, 3.05) is 32.0 Å². The summed E-state index contributed by atoms with van der Waals surface area (Å²) in [7, 11) is -2.13. The molecule has 1 heterocycles. The number of hydrogen-bond donors (Lipinski definition) is 1. The second-order valence-electron chi connectivity index (χ2n) is 5.73. The van der Waals surface area contributed by atoms with E-state index in [2.05, 4.69) is 21.2 Å². The van der Waals surface area contributed by atoms with E-state index in [4.69, 9.17) is 0 Å². The third kappa shape index (κ3) is 4.76. The Morgan fingerprint density at radius 3 is 2.57 bits per heavy atom. The number of carbonyl (C=O) groups excluding carboxylic acids is 1. The van der Waals surface area contributed by atoms with Crippen molar-refractivity contribution in [1.82, 2.24) is 8.61 Å². The second-order valence-corrected chi connectivity index (χ2v) is 8.68. The maximum Gasteiger partial charge on any atom is 0.282 e. The average Bonchev–Trinajstić information content (AvgIpc) is 2.51. The van der Waals surface area contributed by atoms with Gasteiger partial charge in [-0.15, -0.1) is 0 Å². The fourth-order valence-corrected chi connectivity index (χ4v) is 4.40. The third-order valence-corrected chi connectivity index (χ3v) is 6.29. The molecule has 1 amide bonds. The minimum absolute atomic E-state index is 0.200. The lowest BCUT2D eigenvalue weighted by Gasteiger charge is -2.29. The summed E-state index contributed by atoms with van der Waals surface area (Å²) in [6.45, 7) is 2.74. The Kier molecular flexibility index (Phi) is 6.19. The minimum atomic E-state index is -3.57. The number of benzene rings is 1. The van der Waals surface area contributed by atoms with Crippen LogP contribution in [0.5, 0.6) is 0 Å². The number of hydrogen-bond acceptors (Lipinski definition) is 3. The first-order valence-corrected chi connectivity index (χ1v) is 9.77. The lowest BCUT2D eigenvalue weighted by atomic mass is 10.2. The van der Waals surface area contributed by atoms with Gasteiger partial charge in [-0.1, -0.05) is 22.4 Å². The number of amides is 1. The molecule has 8 heteroatoms. The first kappa shape index (κ1) is 18.4. The molecular weight excluding hydrogens is 382 g/mol. The molecule has 1 saturated heterocycles. The Bertz CT molecular complexity index is 673. The summed E-state index contributed by atoms with van der Waals surface area (Å²) in [6.07, 6.45) is 2.80. The molecular formula is C15H22BrN3O3S. The van der Waals surface area contributed by atoms with Crippen molar-refractivity contribution >= 4 is 37.7 Å². The van der Waals surface area contributed by atoms with Gasteiger partial charge in [-0.05, 0) is 43.5 Å². The quantitative estimate of drug-likeness (QED) is 0.819. The van der Waals surface area contributed by atoms with Crippen molar-refractivity contribution in [3.63, 3.8) is 0 Å². The molecule has 1 aliphatic heterocycles. The van der Waals surface area contributed by atoms with E-state index in [-0.39, 0.29) is 12.5 Å². The van der Waals surface area contributed by atoms with Gasteiger partial charge in [-0.2, -0.15) is 17.0 Å². The van der Waals surface area contributed by atoms with Crippen LogP contribution in [0.4, 0.5) is 5.69 Å². The van der Waals surface area contributed by atoms with Gasteiger partial charge in [-0.25, -0.2) is 0 Å². The number of nitrogens with one attached hydrogen (secondary N) is 1. The summed E-state index contributed by atoms with van der Waals surface area (Å²) in [6, 6.07) is 5.51. The van der Waals surface area contributed by atoms with Gasteiger partial charge in [0.2, 0.25) is 5.91 Å². The van der Waals surface area contributed by atoms with Gasteiger partial charge < -0.3 is 5.32 Å². The zero-order valence-corrected chi connectivity index (χ0v) is 15.8. The van der Waals surface area contributed by atoms with Crippen LogP contribution in [0, 0.1) is 6.92 Å². The molecule has 0 aromatic heterocycles. The van der Waals surface area contributed by atoms with E-state index in [9.17, 15) is 13.2 Å². The van der Waals surface area contributed by atoms with Crippen LogP contribution in [0.25, 0.3) is 0 Å². The third-order valence-electron chi connectivity index (χ3n) is 3.86. The molecule has 0 atom stereocenters. The molecule has 0 saturated carbocycles. The smallest absolute Gasteiger partial charge is 0.282 e. The highest BCUT2D eigenvalue weighted by atomic mass is 79.9. The molecule has 0 aliphatic carbocycles. The fraction of sp³-hybridized carbons (Fsp3) is 0.533. The highest BCUT2D eigenvalue weighted by Gasteiger charge is 2.29. The second kappa shape index (κ2) is 7.74. The molecule has 2 rings (SSSR count). The van der Waals surface area contributed by atoms with Gasteiger partial charge in [-0.3, -0.25) is 4.79 Å². The molecule has 6 nitrogen and oxygen atoms in total. The van der Waals surface area contributed by atoms with Crippen molar-refractivity contribution in [3.8, 4) is 0 Å². The molecule has 1 N–H and O–H groups in total. The molecule has 128 valence electrons. The zero-order chi connectivity index (χ0) is 17.0. The van der Waals surface area contributed by atoms with Gasteiger partial charge in [0, 0.05) is 30.3 Å². The Morgan fingerprint density at radius 2 is 1.96 bits per heavy atom. The lowest BCUT2D eigenvalue weighted by Crippen LogP contribution is -2.46. The van der Waals surface area contributed by atoms with Crippen molar-refractivity contribution in [2.24, 2.45) is 0 Å². The molecule has 1 fully saturated rings. The van der Waals surface area contributed by atoms with E-state index < -0.39 is 10.2 Å². The average molecular weight is 404 g/mol. The standard InChI is InChI=1S/C15H22BrN3O3S/c1-12-10-13(16)6-7-14(12)17-15(20)11-18(2)23(21,22)19-8-4-3-5-9-19/h6-7,10H,3-5,8-9,11H2,1-2H3,(H,17,20). The number of likely N-dealkylation sites (N-methyl/N-ethyl adjacent to an activating group) is 1. The van der Waals surface area contributed by atoms with Crippen LogP contribution in [-0.4, -0.2) is 49.6 Å². The van der Waals surface area contributed by atoms with Crippen LogP contribution in [0.1, 0.15) is 24.8 Å². The van der Waals surface area contributed by atoms with E-state index in [0.29, 0.717) is 18.8 Å². The number of halogens is 1. The Hall–Kier alpha value is -0.960. The minimum Gasteiger partial charge on any atom is -0.325 e. The van der Waals surface area contributed by atoms with Crippen LogP contribution in [0.15, 0.2) is 22.7 Å².